The number of anilines is 1. The van der Waals surface area contributed by atoms with E-state index in [0.29, 0.717) is 23.5 Å². The number of benzene rings is 2. The molecule has 31 heavy (non-hydrogen) atoms. The van der Waals surface area contributed by atoms with Gasteiger partial charge in [-0.25, -0.2) is 13.2 Å². The summed E-state index contributed by atoms with van der Waals surface area (Å²) in [6.45, 7) is 8.20. The van der Waals surface area contributed by atoms with Gasteiger partial charge in [0, 0.05) is 39.3 Å². The van der Waals surface area contributed by atoms with Crippen molar-refractivity contribution in [3.8, 4) is 0 Å². The summed E-state index contributed by atoms with van der Waals surface area (Å²) in [6, 6.07) is 14.8. The van der Waals surface area contributed by atoms with Gasteiger partial charge in [0.1, 0.15) is 0 Å². The average Bonchev–Trinajstić information content (AvgIpc) is 2.94. The number of nitrogens with zero attached hydrogens (tertiary/aromatic N) is 3. The van der Waals surface area contributed by atoms with Gasteiger partial charge in [-0.15, -0.1) is 0 Å². The summed E-state index contributed by atoms with van der Waals surface area (Å²) in [6.07, 6.45) is 0. The number of ether oxygens (including phenoxy) is 1. The fourth-order valence-electron chi connectivity index (χ4n) is 4.63. The number of para-hydroxylation sites is 1. The van der Waals surface area contributed by atoms with Crippen molar-refractivity contribution >= 4 is 21.7 Å². The molecule has 0 saturated carbocycles. The summed E-state index contributed by atoms with van der Waals surface area (Å²) in [5.41, 5.74) is 1.75. The monoisotopic (exact) mass is 443 g/mol. The Hall–Kier alpha value is -2.42. The maximum atomic E-state index is 13.1. The average molecular weight is 444 g/mol. The smallest absolute Gasteiger partial charge is 0.339 e. The third kappa shape index (κ3) is 3.84. The standard InChI is InChI=1S/C23H29N3O4S/c1-23(2)19-9-5-7-11-21(19)31(28,29)26(23)17-14-24-12-15-25(16-13-24)20-10-6-4-8-18(20)22(27)30-3/h4-11H,12-17H2,1-3H3. The van der Waals surface area contributed by atoms with E-state index in [0.717, 1.165) is 37.4 Å². The van der Waals surface area contributed by atoms with Crippen molar-refractivity contribution in [3.63, 3.8) is 0 Å². The van der Waals surface area contributed by atoms with Gasteiger partial charge in [-0.1, -0.05) is 30.3 Å². The molecule has 2 aliphatic heterocycles. The number of carbonyl (C=O) groups excluding carboxylic acids is 1. The number of methoxy groups -OCH3 is 1. The molecular formula is C23H29N3O4S. The lowest BCUT2D eigenvalue weighted by Gasteiger charge is -2.38. The molecule has 8 heteroatoms. The van der Waals surface area contributed by atoms with Crippen molar-refractivity contribution in [2.45, 2.75) is 24.3 Å². The van der Waals surface area contributed by atoms with Crippen LogP contribution in [0.5, 0.6) is 0 Å². The first-order valence-corrected chi connectivity index (χ1v) is 12.0. The summed E-state index contributed by atoms with van der Waals surface area (Å²) < 4.78 is 32.7. The van der Waals surface area contributed by atoms with E-state index in [1.54, 1.807) is 22.5 Å². The maximum Gasteiger partial charge on any atom is 0.339 e. The van der Waals surface area contributed by atoms with E-state index in [4.69, 9.17) is 4.74 Å². The zero-order valence-electron chi connectivity index (χ0n) is 18.2. The van der Waals surface area contributed by atoms with Crippen LogP contribution in [0.3, 0.4) is 0 Å². The number of hydrogen-bond acceptors (Lipinski definition) is 6. The highest BCUT2D eigenvalue weighted by Crippen LogP contribution is 2.43. The Morgan fingerprint density at radius 3 is 2.29 bits per heavy atom. The summed E-state index contributed by atoms with van der Waals surface area (Å²) in [5, 5.41) is 0. The van der Waals surface area contributed by atoms with Gasteiger partial charge >= 0.3 is 5.97 Å². The Bertz CT molecular complexity index is 1080. The lowest BCUT2D eigenvalue weighted by Crippen LogP contribution is -2.50. The zero-order chi connectivity index (χ0) is 22.2. The molecule has 7 nitrogen and oxygen atoms in total. The van der Waals surface area contributed by atoms with Crippen LogP contribution in [0.4, 0.5) is 5.69 Å². The van der Waals surface area contributed by atoms with Gasteiger partial charge < -0.3 is 9.64 Å². The van der Waals surface area contributed by atoms with Gasteiger partial charge in [0.15, 0.2) is 0 Å². The van der Waals surface area contributed by atoms with E-state index in [1.165, 1.54) is 7.11 Å². The van der Waals surface area contributed by atoms with E-state index < -0.39 is 15.6 Å². The lowest BCUT2D eigenvalue weighted by atomic mass is 9.94. The number of esters is 1. The molecule has 0 bridgehead atoms. The van der Waals surface area contributed by atoms with Crippen LogP contribution in [0.2, 0.25) is 0 Å². The molecule has 2 heterocycles. The van der Waals surface area contributed by atoms with Gasteiger partial charge in [0.2, 0.25) is 10.0 Å². The SMILES string of the molecule is COC(=O)c1ccccc1N1CCN(CCN2C(C)(C)c3ccccc3S2(=O)=O)CC1. The van der Waals surface area contributed by atoms with Crippen LogP contribution in [-0.4, -0.2) is 70.0 Å². The number of piperazine rings is 1. The molecule has 2 aromatic carbocycles. The Morgan fingerprint density at radius 2 is 1.61 bits per heavy atom. The van der Waals surface area contributed by atoms with E-state index in [2.05, 4.69) is 9.80 Å². The van der Waals surface area contributed by atoms with Crippen LogP contribution in [0.25, 0.3) is 0 Å². The van der Waals surface area contributed by atoms with E-state index >= 15 is 0 Å². The van der Waals surface area contributed by atoms with Crippen molar-refractivity contribution in [2.24, 2.45) is 0 Å². The number of hydrogen-bond donors (Lipinski definition) is 0. The van der Waals surface area contributed by atoms with Crippen molar-refractivity contribution in [3.05, 3.63) is 59.7 Å². The third-order valence-corrected chi connectivity index (χ3v) is 8.51. The van der Waals surface area contributed by atoms with Gasteiger partial charge in [-0.3, -0.25) is 4.90 Å². The molecule has 0 atom stereocenters. The van der Waals surface area contributed by atoms with E-state index in [9.17, 15) is 13.2 Å². The summed E-state index contributed by atoms with van der Waals surface area (Å²) in [4.78, 5) is 17.0. The number of rotatable bonds is 5. The second-order valence-corrected chi connectivity index (χ2v) is 10.3. The molecule has 0 spiro atoms. The Morgan fingerprint density at radius 1 is 0.968 bits per heavy atom. The van der Waals surface area contributed by atoms with Crippen molar-refractivity contribution in [1.29, 1.82) is 0 Å². The highest BCUT2D eigenvalue weighted by Gasteiger charge is 2.47. The molecule has 0 amide bonds. The minimum atomic E-state index is -3.48. The first kappa shape index (κ1) is 21.8. The molecule has 166 valence electrons. The first-order chi connectivity index (χ1) is 14.8. The fraction of sp³-hybridized carbons (Fsp3) is 0.435. The molecule has 2 aliphatic rings. The number of carbonyl (C=O) groups is 1. The van der Waals surface area contributed by atoms with Gasteiger partial charge in [-0.2, -0.15) is 4.31 Å². The second kappa shape index (κ2) is 8.26. The Labute approximate surface area is 184 Å². The highest BCUT2D eigenvalue weighted by molar-refractivity contribution is 7.89. The molecular weight excluding hydrogens is 414 g/mol. The number of sulfonamides is 1. The molecule has 0 aliphatic carbocycles. The Balaban J connectivity index is 1.41. The summed E-state index contributed by atoms with van der Waals surface area (Å²) in [7, 11) is -2.09. The molecule has 0 aromatic heterocycles. The molecule has 4 rings (SSSR count). The molecule has 1 fully saturated rings. The van der Waals surface area contributed by atoms with Crippen LogP contribution in [0.1, 0.15) is 29.8 Å². The van der Waals surface area contributed by atoms with Crippen molar-refractivity contribution in [2.75, 3.05) is 51.3 Å². The predicted molar refractivity (Wildman–Crippen MR) is 120 cm³/mol. The quantitative estimate of drug-likeness (QED) is 0.662. The minimum absolute atomic E-state index is 0.334. The van der Waals surface area contributed by atoms with Crippen LogP contribution < -0.4 is 4.90 Å². The molecule has 0 N–H and O–H groups in total. The predicted octanol–water partition coefficient (Wildman–Crippen LogP) is 2.53. The lowest BCUT2D eigenvalue weighted by molar-refractivity contribution is 0.0601. The van der Waals surface area contributed by atoms with E-state index in [-0.39, 0.29) is 5.97 Å². The zero-order valence-corrected chi connectivity index (χ0v) is 19.1. The van der Waals surface area contributed by atoms with Gasteiger partial charge in [-0.05, 0) is 37.6 Å². The second-order valence-electron chi connectivity index (χ2n) is 8.47. The van der Waals surface area contributed by atoms with Crippen molar-refractivity contribution < 1.29 is 17.9 Å². The Kier molecular flexibility index (Phi) is 5.81. The van der Waals surface area contributed by atoms with Crippen molar-refractivity contribution in [1.82, 2.24) is 9.21 Å². The van der Waals surface area contributed by atoms with Crippen LogP contribution >= 0.6 is 0 Å². The highest BCUT2D eigenvalue weighted by atomic mass is 32.2. The molecule has 0 radical (unpaired) electrons. The topological polar surface area (TPSA) is 70.2 Å². The third-order valence-electron chi connectivity index (χ3n) is 6.38. The molecule has 2 aromatic rings. The number of fused-ring (bicyclic) bond motifs is 1. The summed E-state index contributed by atoms with van der Waals surface area (Å²) in [5.74, 6) is -0.334. The van der Waals surface area contributed by atoms with Crippen LogP contribution in [-0.2, 0) is 20.3 Å². The summed E-state index contributed by atoms with van der Waals surface area (Å²) >= 11 is 0. The van der Waals surface area contributed by atoms with Crippen LogP contribution in [0.15, 0.2) is 53.4 Å². The molecule has 1 saturated heterocycles. The van der Waals surface area contributed by atoms with Gasteiger partial charge in [0.05, 0.1) is 28.8 Å². The minimum Gasteiger partial charge on any atom is -0.465 e. The largest absolute Gasteiger partial charge is 0.465 e. The maximum absolute atomic E-state index is 13.1. The van der Waals surface area contributed by atoms with E-state index in [1.807, 2.05) is 44.2 Å². The molecule has 0 unspecified atom stereocenters. The fourth-order valence-corrected chi connectivity index (χ4v) is 6.73. The van der Waals surface area contributed by atoms with Gasteiger partial charge in [0.25, 0.3) is 0 Å². The normalized spacial score (nSPS) is 20.4. The first-order valence-electron chi connectivity index (χ1n) is 10.5. The van der Waals surface area contributed by atoms with Crippen LogP contribution in [0, 0.1) is 0 Å².